The SMILES string of the molecule is CC1CNCCN1C(=O)c1nc2ncc(Br)cn2n1. The number of nitrogens with one attached hydrogen (secondary N) is 1. The Bertz CT molecular complexity index is 627. The second-order valence-electron chi connectivity index (χ2n) is 4.50. The number of amides is 1. The van der Waals surface area contributed by atoms with Crippen LogP contribution < -0.4 is 5.32 Å². The molecule has 3 rings (SSSR count). The topological polar surface area (TPSA) is 75.4 Å². The Labute approximate surface area is 118 Å². The van der Waals surface area contributed by atoms with Gasteiger partial charge in [0.25, 0.3) is 11.7 Å². The number of piperazine rings is 1. The first-order chi connectivity index (χ1) is 9.15. The third kappa shape index (κ3) is 2.33. The largest absolute Gasteiger partial charge is 0.331 e. The van der Waals surface area contributed by atoms with Gasteiger partial charge in [0, 0.05) is 38.1 Å². The molecule has 0 bridgehead atoms. The Morgan fingerprint density at radius 2 is 2.42 bits per heavy atom. The first-order valence-electron chi connectivity index (χ1n) is 6.05. The van der Waals surface area contributed by atoms with E-state index in [9.17, 15) is 4.79 Å². The minimum Gasteiger partial charge on any atom is -0.331 e. The second-order valence-corrected chi connectivity index (χ2v) is 5.42. The molecule has 1 unspecified atom stereocenters. The van der Waals surface area contributed by atoms with Crippen molar-refractivity contribution in [1.29, 1.82) is 0 Å². The number of aromatic nitrogens is 4. The van der Waals surface area contributed by atoms with Crippen LogP contribution in [0.1, 0.15) is 17.5 Å². The van der Waals surface area contributed by atoms with Gasteiger partial charge in [0.2, 0.25) is 5.82 Å². The van der Waals surface area contributed by atoms with Crippen LogP contribution in [0.15, 0.2) is 16.9 Å². The Morgan fingerprint density at radius 3 is 3.21 bits per heavy atom. The highest BCUT2D eigenvalue weighted by Crippen LogP contribution is 2.11. The van der Waals surface area contributed by atoms with E-state index >= 15 is 0 Å². The molecule has 3 heterocycles. The maximum absolute atomic E-state index is 12.4. The van der Waals surface area contributed by atoms with Gasteiger partial charge in [-0.25, -0.2) is 9.50 Å². The summed E-state index contributed by atoms with van der Waals surface area (Å²) in [6, 6.07) is 0.146. The zero-order valence-electron chi connectivity index (χ0n) is 10.4. The Hall–Kier alpha value is -1.54. The number of hydrogen-bond donors (Lipinski definition) is 1. The van der Waals surface area contributed by atoms with Crippen molar-refractivity contribution in [3.63, 3.8) is 0 Å². The maximum atomic E-state index is 12.4. The summed E-state index contributed by atoms with van der Waals surface area (Å²) in [6.45, 7) is 4.28. The first-order valence-corrected chi connectivity index (χ1v) is 6.84. The third-order valence-corrected chi connectivity index (χ3v) is 3.53. The van der Waals surface area contributed by atoms with Crippen LogP contribution in [0.5, 0.6) is 0 Å². The zero-order chi connectivity index (χ0) is 13.4. The van der Waals surface area contributed by atoms with Crippen molar-refractivity contribution in [3.05, 3.63) is 22.7 Å². The maximum Gasteiger partial charge on any atom is 0.293 e. The van der Waals surface area contributed by atoms with Crippen LogP contribution >= 0.6 is 15.9 Å². The molecule has 1 atom stereocenters. The molecule has 0 aromatic carbocycles. The molecule has 1 N–H and O–H groups in total. The standard InChI is InChI=1S/C11H13BrN6O/c1-7-4-13-2-3-17(7)10(19)9-15-11-14-5-8(12)6-18(11)16-9/h5-7,13H,2-4H2,1H3. The summed E-state index contributed by atoms with van der Waals surface area (Å²) in [5, 5.41) is 7.43. The van der Waals surface area contributed by atoms with Crippen molar-refractivity contribution >= 4 is 27.6 Å². The summed E-state index contributed by atoms with van der Waals surface area (Å²) in [7, 11) is 0. The summed E-state index contributed by atoms with van der Waals surface area (Å²) in [4.78, 5) is 22.5. The predicted molar refractivity (Wildman–Crippen MR) is 71.9 cm³/mol. The number of halogens is 1. The number of nitrogens with zero attached hydrogens (tertiary/aromatic N) is 5. The van der Waals surface area contributed by atoms with Crippen LogP contribution in [0.4, 0.5) is 0 Å². The lowest BCUT2D eigenvalue weighted by atomic mass is 10.2. The Morgan fingerprint density at radius 1 is 1.58 bits per heavy atom. The molecule has 0 radical (unpaired) electrons. The van der Waals surface area contributed by atoms with E-state index in [0.29, 0.717) is 12.3 Å². The molecule has 0 saturated carbocycles. The molecular formula is C11H13BrN6O. The monoisotopic (exact) mass is 324 g/mol. The molecule has 1 fully saturated rings. The van der Waals surface area contributed by atoms with Crippen molar-refractivity contribution in [2.24, 2.45) is 0 Å². The fraction of sp³-hybridized carbons (Fsp3) is 0.455. The van der Waals surface area contributed by atoms with Crippen LogP contribution in [0, 0.1) is 0 Å². The van der Waals surface area contributed by atoms with Gasteiger partial charge in [0.05, 0.1) is 4.47 Å². The van der Waals surface area contributed by atoms with Gasteiger partial charge in [0.1, 0.15) is 0 Å². The van der Waals surface area contributed by atoms with Gasteiger partial charge in [-0.15, -0.1) is 5.10 Å². The van der Waals surface area contributed by atoms with E-state index in [-0.39, 0.29) is 17.8 Å². The van der Waals surface area contributed by atoms with Gasteiger partial charge < -0.3 is 10.2 Å². The van der Waals surface area contributed by atoms with Crippen LogP contribution in [0.2, 0.25) is 0 Å². The van der Waals surface area contributed by atoms with E-state index in [1.807, 2.05) is 6.92 Å². The highest BCUT2D eigenvalue weighted by molar-refractivity contribution is 9.10. The molecule has 19 heavy (non-hydrogen) atoms. The normalized spacial score (nSPS) is 19.9. The van der Waals surface area contributed by atoms with Crippen molar-refractivity contribution in [2.45, 2.75) is 13.0 Å². The molecular weight excluding hydrogens is 312 g/mol. The number of fused-ring (bicyclic) bond motifs is 1. The van der Waals surface area contributed by atoms with Gasteiger partial charge in [0.15, 0.2) is 0 Å². The fourth-order valence-electron chi connectivity index (χ4n) is 2.12. The molecule has 1 amide bonds. The first kappa shape index (κ1) is 12.5. The Kier molecular flexibility index (Phi) is 3.19. The van der Waals surface area contributed by atoms with Gasteiger partial charge >= 0.3 is 0 Å². The molecule has 1 aliphatic rings. The zero-order valence-corrected chi connectivity index (χ0v) is 12.0. The molecule has 100 valence electrons. The summed E-state index contributed by atoms with van der Waals surface area (Å²) in [5.74, 6) is 0.476. The van der Waals surface area contributed by atoms with Gasteiger partial charge in [-0.1, -0.05) is 0 Å². The molecule has 2 aromatic rings. The molecule has 1 aliphatic heterocycles. The quantitative estimate of drug-likeness (QED) is 0.817. The van der Waals surface area contributed by atoms with Crippen molar-refractivity contribution in [3.8, 4) is 0 Å². The number of carbonyl (C=O) groups is 1. The van der Waals surface area contributed by atoms with E-state index in [0.717, 1.165) is 17.6 Å². The highest BCUT2D eigenvalue weighted by Gasteiger charge is 2.27. The second kappa shape index (κ2) is 4.86. The number of carbonyl (C=O) groups excluding carboxylic acids is 1. The summed E-state index contributed by atoms with van der Waals surface area (Å²) < 4.78 is 2.30. The van der Waals surface area contributed by atoms with Crippen LogP contribution in [0.25, 0.3) is 5.78 Å². The van der Waals surface area contributed by atoms with Crippen LogP contribution in [-0.4, -0.2) is 56.1 Å². The van der Waals surface area contributed by atoms with Crippen LogP contribution in [0.3, 0.4) is 0 Å². The number of hydrogen-bond acceptors (Lipinski definition) is 5. The lowest BCUT2D eigenvalue weighted by Gasteiger charge is -2.33. The summed E-state index contributed by atoms with van der Waals surface area (Å²) >= 11 is 3.31. The summed E-state index contributed by atoms with van der Waals surface area (Å²) in [6.07, 6.45) is 3.36. The highest BCUT2D eigenvalue weighted by atomic mass is 79.9. The molecule has 1 saturated heterocycles. The minimum atomic E-state index is -0.143. The Balaban J connectivity index is 1.92. The average molecular weight is 325 g/mol. The molecule has 2 aromatic heterocycles. The van der Waals surface area contributed by atoms with E-state index in [1.165, 1.54) is 4.52 Å². The lowest BCUT2D eigenvalue weighted by Crippen LogP contribution is -2.52. The fourth-order valence-corrected chi connectivity index (χ4v) is 2.42. The molecule has 0 aliphatic carbocycles. The van der Waals surface area contributed by atoms with Crippen molar-refractivity contribution < 1.29 is 4.79 Å². The molecule has 7 nitrogen and oxygen atoms in total. The minimum absolute atomic E-state index is 0.143. The van der Waals surface area contributed by atoms with Gasteiger partial charge in [-0.3, -0.25) is 4.79 Å². The molecule has 8 heteroatoms. The number of rotatable bonds is 1. The van der Waals surface area contributed by atoms with E-state index < -0.39 is 0 Å². The van der Waals surface area contributed by atoms with Crippen molar-refractivity contribution in [2.75, 3.05) is 19.6 Å². The van der Waals surface area contributed by atoms with Gasteiger partial charge in [-0.05, 0) is 22.9 Å². The van der Waals surface area contributed by atoms with Gasteiger partial charge in [-0.2, -0.15) is 4.98 Å². The lowest BCUT2D eigenvalue weighted by molar-refractivity contribution is 0.0643. The third-order valence-electron chi connectivity index (χ3n) is 3.12. The average Bonchev–Trinajstić information content (AvgIpc) is 2.81. The van der Waals surface area contributed by atoms with E-state index in [2.05, 4.69) is 36.3 Å². The van der Waals surface area contributed by atoms with Crippen molar-refractivity contribution in [1.82, 2.24) is 29.8 Å². The molecule has 0 spiro atoms. The van der Waals surface area contributed by atoms with E-state index in [1.54, 1.807) is 17.3 Å². The predicted octanol–water partition coefficient (Wildman–Crippen LogP) is 0.321. The van der Waals surface area contributed by atoms with E-state index in [4.69, 9.17) is 0 Å². The van der Waals surface area contributed by atoms with Crippen LogP contribution in [-0.2, 0) is 0 Å². The smallest absolute Gasteiger partial charge is 0.293 e. The summed E-state index contributed by atoms with van der Waals surface area (Å²) in [5.41, 5.74) is 0.